The summed E-state index contributed by atoms with van der Waals surface area (Å²) in [7, 11) is 0. The van der Waals surface area contributed by atoms with Gasteiger partial charge in [0.2, 0.25) is 0 Å². The average Bonchev–Trinajstić information content (AvgIpc) is 2.84. The summed E-state index contributed by atoms with van der Waals surface area (Å²) in [4.78, 5) is 14.4. The van der Waals surface area contributed by atoms with Gasteiger partial charge >= 0.3 is 6.03 Å². The largest absolute Gasteiger partial charge is 0.347 e. The van der Waals surface area contributed by atoms with E-state index < -0.39 is 16.9 Å². The second kappa shape index (κ2) is 8.24. The number of anilines is 1. The van der Waals surface area contributed by atoms with E-state index in [9.17, 15) is 14.4 Å². The van der Waals surface area contributed by atoms with Crippen molar-refractivity contribution in [2.75, 3.05) is 5.32 Å². The van der Waals surface area contributed by atoms with Gasteiger partial charge in [0.1, 0.15) is 16.3 Å². The molecule has 1 fully saturated rings. The van der Waals surface area contributed by atoms with Crippen LogP contribution in [0.15, 0.2) is 48.5 Å². The van der Waals surface area contributed by atoms with Crippen LogP contribution in [0, 0.1) is 5.82 Å². The van der Waals surface area contributed by atoms with Crippen molar-refractivity contribution >= 4 is 51.6 Å². The fourth-order valence-electron chi connectivity index (χ4n) is 3.03. The number of thiocarbonyl (C=S) groups is 1. The van der Waals surface area contributed by atoms with Gasteiger partial charge in [-0.3, -0.25) is 5.21 Å². The molecule has 9 heteroatoms. The fraction of sp³-hybridized carbons (Fsp3) is 0.263. The number of benzene rings is 2. The zero-order valence-electron chi connectivity index (χ0n) is 15.2. The maximum atomic E-state index is 13.2. The predicted molar refractivity (Wildman–Crippen MR) is 114 cm³/mol. The molecule has 0 saturated carbocycles. The molecular formula is C19H19ClFN3O2S2. The van der Waals surface area contributed by atoms with Crippen molar-refractivity contribution in [2.45, 2.75) is 31.3 Å². The highest BCUT2D eigenvalue weighted by molar-refractivity contribution is 8.24. The van der Waals surface area contributed by atoms with Crippen molar-refractivity contribution in [3.63, 3.8) is 0 Å². The van der Waals surface area contributed by atoms with E-state index in [1.807, 2.05) is 13.8 Å². The van der Waals surface area contributed by atoms with Crippen LogP contribution in [0.4, 0.5) is 14.9 Å². The van der Waals surface area contributed by atoms with Crippen LogP contribution in [0.5, 0.6) is 0 Å². The minimum atomic E-state index is -0.714. The average molecular weight is 440 g/mol. The highest BCUT2D eigenvalue weighted by Crippen LogP contribution is 2.43. The lowest BCUT2D eigenvalue weighted by Gasteiger charge is -2.36. The number of urea groups is 1. The SMILES string of the molecule is CC1(C)SC(=S)N(Cc2ccc(F)cc2)[C@H]1N(O)C(=O)Nc1cccc(Cl)c1. The molecule has 5 nitrogen and oxygen atoms in total. The Morgan fingerprint density at radius 2 is 2.04 bits per heavy atom. The molecule has 2 N–H and O–H groups in total. The number of nitrogens with zero attached hydrogens (tertiary/aromatic N) is 2. The van der Waals surface area contributed by atoms with E-state index in [0.29, 0.717) is 26.6 Å². The summed E-state index contributed by atoms with van der Waals surface area (Å²) < 4.78 is 13.2. The van der Waals surface area contributed by atoms with Gasteiger partial charge in [-0.1, -0.05) is 53.8 Å². The number of amides is 2. The molecule has 28 heavy (non-hydrogen) atoms. The molecule has 1 saturated heterocycles. The molecular weight excluding hydrogens is 421 g/mol. The van der Waals surface area contributed by atoms with Gasteiger partial charge in [0.15, 0.2) is 0 Å². The molecule has 1 aliphatic rings. The highest BCUT2D eigenvalue weighted by Gasteiger charge is 2.49. The Labute approximate surface area is 177 Å². The molecule has 0 aliphatic carbocycles. The summed E-state index contributed by atoms with van der Waals surface area (Å²) in [5, 5.41) is 14.5. The molecule has 2 aromatic rings. The number of halogens is 2. The number of hydrogen-bond donors (Lipinski definition) is 2. The molecule has 1 aliphatic heterocycles. The zero-order valence-corrected chi connectivity index (χ0v) is 17.6. The molecule has 2 aromatic carbocycles. The second-order valence-electron chi connectivity index (χ2n) is 6.88. The third-order valence-corrected chi connectivity index (χ3v) is 6.15. The van der Waals surface area contributed by atoms with Crippen molar-refractivity contribution in [3.05, 3.63) is 64.9 Å². The van der Waals surface area contributed by atoms with Crippen LogP contribution in [-0.2, 0) is 6.54 Å². The first-order chi connectivity index (χ1) is 13.2. The van der Waals surface area contributed by atoms with Crippen LogP contribution < -0.4 is 5.32 Å². The molecule has 148 valence electrons. The van der Waals surface area contributed by atoms with Crippen molar-refractivity contribution < 1.29 is 14.4 Å². The summed E-state index contributed by atoms with van der Waals surface area (Å²) in [5.41, 5.74) is 1.28. The predicted octanol–water partition coefficient (Wildman–Crippen LogP) is 5.34. The summed E-state index contributed by atoms with van der Waals surface area (Å²) >= 11 is 12.8. The Hall–Kier alpha value is -1.87. The maximum Gasteiger partial charge on any atom is 0.347 e. The van der Waals surface area contributed by atoms with Crippen LogP contribution in [0.2, 0.25) is 5.02 Å². The summed E-state index contributed by atoms with van der Waals surface area (Å²) in [6, 6.07) is 12.0. The Kier molecular flexibility index (Phi) is 6.14. The minimum absolute atomic E-state index is 0.330. The molecule has 0 radical (unpaired) electrons. The molecule has 0 bridgehead atoms. The topological polar surface area (TPSA) is 55.8 Å². The molecule has 2 amide bonds. The lowest BCUT2D eigenvalue weighted by atomic mass is 10.1. The molecule has 0 aromatic heterocycles. The lowest BCUT2D eigenvalue weighted by molar-refractivity contribution is -0.115. The smallest absolute Gasteiger partial charge is 0.329 e. The van der Waals surface area contributed by atoms with Gasteiger partial charge in [-0.15, -0.1) is 0 Å². The maximum absolute atomic E-state index is 13.2. The number of hydroxylamine groups is 2. The third kappa shape index (κ3) is 4.57. The molecule has 3 rings (SSSR count). The van der Waals surface area contributed by atoms with E-state index in [4.69, 9.17) is 23.8 Å². The number of carbonyl (C=O) groups excluding carboxylic acids is 1. The lowest BCUT2D eigenvalue weighted by Crippen LogP contribution is -2.55. The van der Waals surface area contributed by atoms with E-state index in [0.717, 1.165) is 5.56 Å². The Morgan fingerprint density at radius 1 is 1.36 bits per heavy atom. The van der Waals surface area contributed by atoms with E-state index >= 15 is 0 Å². The first-order valence-electron chi connectivity index (χ1n) is 8.46. The van der Waals surface area contributed by atoms with E-state index in [2.05, 4.69) is 5.32 Å². The quantitative estimate of drug-likeness (QED) is 0.382. The van der Waals surface area contributed by atoms with E-state index in [1.165, 1.54) is 23.9 Å². The van der Waals surface area contributed by atoms with Gasteiger partial charge in [-0.05, 0) is 49.7 Å². The van der Waals surface area contributed by atoms with Crippen LogP contribution >= 0.6 is 35.6 Å². The highest BCUT2D eigenvalue weighted by atomic mass is 35.5. The van der Waals surface area contributed by atoms with Gasteiger partial charge < -0.3 is 10.2 Å². The van der Waals surface area contributed by atoms with Crippen LogP contribution in [0.25, 0.3) is 0 Å². The normalized spacial score (nSPS) is 18.2. The number of hydrogen-bond acceptors (Lipinski definition) is 4. The van der Waals surface area contributed by atoms with Gasteiger partial charge in [0, 0.05) is 17.3 Å². The number of carbonyl (C=O) groups is 1. The van der Waals surface area contributed by atoms with E-state index in [-0.39, 0.29) is 5.82 Å². The van der Waals surface area contributed by atoms with Crippen LogP contribution in [0.3, 0.4) is 0 Å². The van der Waals surface area contributed by atoms with Crippen LogP contribution in [-0.4, -0.2) is 36.4 Å². The number of rotatable bonds is 4. The van der Waals surface area contributed by atoms with Gasteiger partial charge in [0.05, 0.1) is 4.75 Å². The van der Waals surface area contributed by atoms with E-state index in [1.54, 1.807) is 41.3 Å². The second-order valence-corrected chi connectivity index (χ2v) is 9.61. The molecule has 1 atom stereocenters. The first-order valence-corrected chi connectivity index (χ1v) is 10.1. The molecule has 0 unspecified atom stereocenters. The Balaban J connectivity index is 1.81. The summed E-state index contributed by atoms with van der Waals surface area (Å²) in [5.74, 6) is -0.330. The number of thioether (sulfide) groups is 1. The third-order valence-electron chi connectivity index (χ3n) is 4.28. The number of nitrogens with one attached hydrogen (secondary N) is 1. The van der Waals surface area contributed by atoms with Crippen molar-refractivity contribution in [3.8, 4) is 0 Å². The zero-order chi connectivity index (χ0) is 20.5. The minimum Gasteiger partial charge on any atom is -0.329 e. The van der Waals surface area contributed by atoms with Gasteiger partial charge in [-0.2, -0.15) is 5.06 Å². The van der Waals surface area contributed by atoms with Crippen molar-refractivity contribution in [1.29, 1.82) is 0 Å². The van der Waals surface area contributed by atoms with Gasteiger partial charge in [0.25, 0.3) is 0 Å². The first kappa shape index (κ1) is 20.9. The van der Waals surface area contributed by atoms with Gasteiger partial charge in [-0.25, -0.2) is 9.18 Å². The van der Waals surface area contributed by atoms with Crippen molar-refractivity contribution in [2.24, 2.45) is 0 Å². The standard InChI is InChI=1S/C19H19ClFN3O2S2/c1-19(2)16(24(26)17(25)22-15-5-3-4-13(20)10-15)23(18(27)28-19)11-12-6-8-14(21)9-7-12/h3-10,16,26H,11H2,1-2H3,(H,22,25)/t16-/m0/s1. The van der Waals surface area contributed by atoms with Crippen LogP contribution in [0.1, 0.15) is 19.4 Å². The Morgan fingerprint density at radius 3 is 2.68 bits per heavy atom. The summed E-state index contributed by atoms with van der Waals surface area (Å²) in [6.45, 7) is 4.13. The molecule has 1 heterocycles. The van der Waals surface area contributed by atoms with Crippen molar-refractivity contribution in [1.82, 2.24) is 9.96 Å². The Bertz CT molecular complexity index is 895. The fourth-order valence-corrected chi connectivity index (χ4v) is 5.10. The summed E-state index contributed by atoms with van der Waals surface area (Å²) in [6.07, 6.45) is -0.714. The molecule has 0 spiro atoms. The monoisotopic (exact) mass is 439 g/mol.